The van der Waals surface area contributed by atoms with Crippen molar-refractivity contribution in [2.45, 2.75) is 32.9 Å². The molecule has 0 radical (unpaired) electrons. The molecule has 0 aliphatic carbocycles. The number of rotatable bonds is 7. The number of benzene rings is 1. The Kier molecular flexibility index (Phi) is 4.81. The van der Waals surface area contributed by atoms with Gasteiger partial charge in [0.15, 0.2) is 0 Å². The normalized spacial score (nSPS) is 14.9. The summed E-state index contributed by atoms with van der Waals surface area (Å²) in [5.41, 5.74) is 11.4. The third kappa shape index (κ3) is 3.05. The van der Waals surface area contributed by atoms with Gasteiger partial charge in [-0.15, -0.1) is 0 Å². The van der Waals surface area contributed by atoms with Crippen molar-refractivity contribution in [2.75, 3.05) is 26.3 Å². The molecule has 2 N–H and O–H groups in total. The Labute approximate surface area is 132 Å². The molecule has 120 valence electrons. The van der Waals surface area contributed by atoms with Gasteiger partial charge in [0, 0.05) is 50.4 Å². The van der Waals surface area contributed by atoms with E-state index in [4.69, 9.17) is 10.5 Å². The highest BCUT2D eigenvalue weighted by atomic mass is 16.5. The predicted molar refractivity (Wildman–Crippen MR) is 90.9 cm³/mol. The highest BCUT2D eigenvalue weighted by molar-refractivity contribution is 5.85. The molecule has 0 fully saturated rings. The average Bonchev–Trinajstić information content (AvgIpc) is 3.04. The second-order valence-corrected chi connectivity index (χ2v) is 6.20. The first-order valence-electron chi connectivity index (χ1n) is 8.32. The number of hydrogen-bond acceptors (Lipinski definition) is 3. The zero-order chi connectivity index (χ0) is 15.5. The van der Waals surface area contributed by atoms with E-state index in [9.17, 15) is 0 Å². The highest BCUT2D eigenvalue weighted by Crippen LogP contribution is 2.30. The average molecular weight is 301 g/mol. The van der Waals surface area contributed by atoms with Crippen LogP contribution in [0.2, 0.25) is 0 Å². The first-order valence-corrected chi connectivity index (χ1v) is 8.32. The van der Waals surface area contributed by atoms with Gasteiger partial charge in [-0.2, -0.15) is 0 Å². The number of nitrogens with two attached hydrogens (primary N) is 1. The van der Waals surface area contributed by atoms with E-state index in [0.717, 1.165) is 52.2 Å². The molecule has 0 atom stereocenters. The van der Waals surface area contributed by atoms with Crippen LogP contribution in [0.4, 0.5) is 0 Å². The number of nitrogens with zero attached hydrogens (tertiary/aromatic N) is 2. The van der Waals surface area contributed by atoms with Gasteiger partial charge in [0.1, 0.15) is 0 Å². The Hall–Kier alpha value is -1.36. The Morgan fingerprint density at radius 3 is 2.73 bits per heavy atom. The van der Waals surface area contributed by atoms with Crippen LogP contribution in [0.5, 0.6) is 0 Å². The Bertz CT molecular complexity index is 647. The Morgan fingerprint density at radius 2 is 2.00 bits per heavy atom. The number of ether oxygens (including phenoxy) is 1. The zero-order valence-corrected chi connectivity index (χ0v) is 13.8. The third-order valence-electron chi connectivity index (χ3n) is 4.59. The smallest absolute Gasteiger partial charge is 0.0593 e. The topological polar surface area (TPSA) is 43.4 Å². The molecule has 3 rings (SSSR count). The summed E-state index contributed by atoms with van der Waals surface area (Å²) in [6.45, 7) is 7.53. The fourth-order valence-corrected chi connectivity index (χ4v) is 3.42. The fourth-order valence-electron chi connectivity index (χ4n) is 3.42. The summed E-state index contributed by atoms with van der Waals surface area (Å²) >= 11 is 0. The van der Waals surface area contributed by atoms with Crippen molar-refractivity contribution in [1.82, 2.24) is 9.47 Å². The summed E-state index contributed by atoms with van der Waals surface area (Å²) in [5.74, 6) is 0. The molecule has 4 nitrogen and oxygen atoms in total. The zero-order valence-electron chi connectivity index (χ0n) is 13.8. The Morgan fingerprint density at radius 1 is 1.23 bits per heavy atom. The van der Waals surface area contributed by atoms with Crippen molar-refractivity contribution in [3.8, 4) is 0 Å². The lowest BCUT2D eigenvalue weighted by Crippen LogP contribution is -2.21. The van der Waals surface area contributed by atoms with Gasteiger partial charge >= 0.3 is 0 Å². The molecule has 0 spiro atoms. The first kappa shape index (κ1) is 15.5. The molecular weight excluding hydrogens is 274 g/mol. The first-order chi connectivity index (χ1) is 10.7. The van der Waals surface area contributed by atoms with Gasteiger partial charge < -0.3 is 15.0 Å². The minimum atomic E-state index is 0.756. The summed E-state index contributed by atoms with van der Waals surface area (Å²) in [7, 11) is 2.14. The molecule has 0 saturated heterocycles. The molecule has 1 aliphatic rings. The monoisotopic (exact) mass is 301 g/mol. The number of fused-ring (bicyclic) bond motifs is 2. The van der Waals surface area contributed by atoms with Crippen molar-refractivity contribution < 1.29 is 4.74 Å². The lowest BCUT2D eigenvalue weighted by molar-refractivity contribution is 0.113. The van der Waals surface area contributed by atoms with Crippen molar-refractivity contribution in [2.24, 2.45) is 12.8 Å². The van der Waals surface area contributed by atoms with E-state index in [0.29, 0.717) is 0 Å². The van der Waals surface area contributed by atoms with Crippen LogP contribution in [0.1, 0.15) is 30.0 Å². The van der Waals surface area contributed by atoms with Crippen LogP contribution in [0.25, 0.3) is 10.9 Å². The van der Waals surface area contributed by atoms with Crippen molar-refractivity contribution in [1.29, 1.82) is 0 Å². The molecule has 2 heterocycles. The van der Waals surface area contributed by atoms with Crippen LogP contribution in [-0.4, -0.2) is 35.8 Å². The van der Waals surface area contributed by atoms with Gasteiger partial charge in [0.25, 0.3) is 0 Å². The van der Waals surface area contributed by atoms with Crippen molar-refractivity contribution in [3.63, 3.8) is 0 Å². The molecule has 4 heteroatoms. The summed E-state index contributed by atoms with van der Waals surface area (Å²) < 4.78 is 7.74. The van der Waals surface area contributed by atoms with E-state index in [1.807, 2.05) is 6.92 Å². The number of aromatic nitrogens is 1. The summed E-state index contributed by atoms with van der Waals surface area (Å²) in [6.07, 6.45) is 4.39. The summed E-state index contributed by atoms with van der Waals surface area (Å²) in [4.78, 5) is 2.47. The maximum atomic E-state index is 5.67. The summed E-state index contributed by atoms with van der Waals surface area (Å²) in [5, 5.41) is 1.40. The van der Waals surface area contributed by atoms with E-state index in [2.05, 4.69) is 34.8 Å². The van der Waals surface area contributed by atoms with Gasteiger partial charge in [-0.25, -0.2) is 0 Å². The fraction of sp³-hybridized carbons (Fsp3) is 0.556. The molecule has 0 saturated carbocycles. The SMILES string of the molecule is CCOCCN1Cc2cc3c(CCCN)cn(C)c3cc2C1. The third-order valence-corrected chi connectivity index (χ3v) is 4.59. The molecule has 0 unspecified atom stereocenters. The quantitative estimate of drug-likeness (QED) is 0.799. The van der Waals surface area contributed by atoms with E-state index in [1.165, 1.54) is 27.6 Å². The lowest BCUT2D eigenvalue weighted by atomic mass is 10.0. The largest absolute Gasteiger partial charge is 0.380 e. The van der Waals surface area contributed by atoms with Gasteiger partial charge in [-0.05, 0) is 55.1 Å². The summed E-state index contributed by atoms with van der Waals surface area (Å²) in [6, 6.07) is 4.77. The Balaban J connectivity index is 1.81. The highest BCUT2D eigenvalue weighted by Gasteiger charge is 2.20. The second-order valence-electron chi connectivity index (χ2n) is 6.20. The van der Waals surface area contributed by atoms with Gasteiger partial charge in [0.05, 0.1) is 6.61 Å². The minimum Gasteiger partial charge on any atom is -0.380 e. The van der Waals surface area contributed by atoms with E-state index in [1.54, 1.807) is 0 Å². The predicted octanol–water partition coefficient (Wildman–Crippen LogP) is 2.42. The van der Waals surface area contributed by atoms with Crippen molar-refractivity contribution >= 4 is 10.9 Å². The molecule has 2 aromatic rings. The molecule has 1 aromatic carbocycles. The molecule has 0 bridgehead atoms. The van der Waals surface area contributed by atoms with Gasteiger partial charge in [0.2, 0.25) is 0 Å². The van der Waals surface area contributed by atoms with Crippen LogP contribution in [0.3, 0.4) is 0 Å². The number of aryl methyl sites for hydroxylation is 2. The number of hydrogen-bond donors (Lipinski definition) is 1. The van der Waals surface area contributed by atoms with E-state index in [-0.39, 0.29) is 0 Å². The van der Waals surface area contributed by atoms with Crippen molar-refractivity contribution in [3.05, 3.63) is 35.0 Å². The van der Waals surface area contributed by atoms with Crippen LogP contribution >= 0.6 is 0 Å². The maximum absolute atomic E-state index is 5.67. The van der Waals surface area contributed by atoms with E-state index < -0.39 is 0 Å². The second kappa shape index (κ2) is 6.82. The molecule has 22 heavy (non-hydrogen) atoms. The lowest BCUT2D eigenvalue weighted by Gasteiger charge is -2.13. The van der Waals surface area contributed by atoms with E-state index >= 15 is 0 Å². The molecule has 0 amide bonds. The molecular formula is C18H27N3O. The van der Waals surface area contributed by atoms with Crippen LogP contribution in [0.15, 0.2) is 18.3 Å². The standard InChI is InChI=1S/C18H27N3O/c1-3-22-8-7-21-12-15-9-17-14(5-4-6-19)11-20(2)18(17)10-16(15)13-21/h9-11H,3-8,12-13,19H2,1-2H3. The minimum absolute atomic E-state index is 0.756. The van der Waals surface area contributed by atoms with Gasteiger partial charge in [-0.3, -0.25) is 4.90 Å². The van der Waals surface area contributed by atoms with Gasteiger partial charge in [-0.1, -0.05) is 0 Å². The maximum Gasteiger partial charge on any atom is 0.0593 e. The van der Waals surface area contributed by atoms with Crippen LogP contribution in [-0.2, 0) is 31.3 Å². The van der Waals surface area contributed by atoms with Crippen LogP contribution in [0, 0.1) is 0 Å². The molecule has 1 aliphatic heterocycles. The van der Waals surface area contributed by atoms with Crippen LogP contribution < -0.4 is 5.73 Å². The molecule has 1 aromatic heterocycles.